The molecule has 1 unspecified atom stereocenters. The lowest BCUT2D eigenvalue weighted by Gasteiger charge is -2.21. The topological polar surface area (TPSA) is 55.1 Å². The van der Waals surface area contributed by atoms with Gasteiger partial charge in [0, 0.05) is 25.9 Å². The van der Waals surface area contributed by atoms with Crippen molar-refractivity contribution in [1.82, 2.24) is 20.0 Å². The molecule has 19 heavy (non-hydrogen) atoms. The zero-order valence-corrected chi connectivity index (χ0v) is 11.1. The molecule has 5 heteroatoms. The van der Waals surface area contributed by atoms with E-state index in [2.05, 4.69) is 32.2 Å². The second-order valence-corrected chi connectivity index (χ2v) is 4.97. The van der Waals surface area contributed by atoms with E-state index in [1.54, 1.807) is 0 Å². The molecular weight excluding hydrogens is 240 g/mol. The fourth-order valence-electron chi connectivity index (χ4n) is 2.66. The highest BCUT2D eigenvalue weighted by molar-refractivity contribution is 5.10. The van der Waals surface area contributed by atoms with Gasteiger partial charge in [0.1, 0.15) is 0 Å². The van der Waals surface area contributed by atoms with Crippen molar-refractivity contribution >= 4 is 0 Å². The summed E-state index contributed by atoms with van der Waals surface area (Å²) in [6.07, 6.45) is 7.05. The fourth-order valence-corrected chi connectivity index (χ4v) is 2.66. The summed E-state index contributed by atoms with van der Waals surface area (Å²) in [4.78, 5) is 10.9. The normalized spacial score (nSPS) is 19.9. The molecule has 5 nitrogen and oxygen atoms in total. The molecule has 0 radical (unpaired) electrons. The molecule has 2 aromatic rings. The molecule has 1 fully saturated rings. The Kier molecular flexibility index (Phi) is 3.55. The van der Waals surface area contributed by atoms with Crippen LogP contribution in [0.15, 0.2) is 29.0 Å². The third kappa shape index (κ3) is 2.81. The Bertz CT molecular complexity index is 525. The van der Waals surface area contributed by atoms with Crippen LogP contribution in [0.1, 0.15) is 36.2 Å². The van der Waals surface area contributed by atoms with Crippen LogP contribution in [-0.2, 0) is 6.42 Å². The van der Waals surface area contributed by atoms with Crippen LogP contribution >= 0.6 is 0 Å². The first kappa shape index (κ1) is 12.3. The van der Waals surface area contributed by atoms with Gasteiger partial charge in [0.25, 0.3) is 0 Å². The smallest absolute Gasteiger partial charge is 0.223 e. The Labute approximate surface area is 112 Å². The number of aryl methyl sites for hydroxylation is 1. The van der Waals surface area contributed by atoms with E-state index in [9.17, 15) is 0 Å². The van der Waals surface area contributed by atoms with Gasteiger partial charge in [-0.25, -0.2) is 0 Å². The Morgan fingerprint density at radius 2 is 2.21 bits per heavy atom. The van der Waals surface area contributed by atoms with E-state index in [4.69, 9.17) is 4.52 Å². The van der Waals surface area contributed by atoms with Crippen molar-refractivity contribution in [2.75, 3.05) is 13.1 Å². The van der Waals surface area contributed by atoms with Gasteiger partial charge in [-0.3, -0.25) is 9.88 Å². The average molecular weight is 258 g/mol. The van der Waals surface area contributed by atoms with Gasteiger partial charge in [-0.1, -0.05) is 5.16 Å². The largest absolute Gasteiger partial charge is 0.340 e. The van der Waals surface area contributed by atoms with Gasteiger partial charge in [0.05, 0.1) is 6.04 Å². The van der Waals surface area contributed by atoms with E-state index in [0.717, 1.165) is 31.8 Å². The minimum Gasteiger partial charge on any atom is -0.340 e. The summed E-state index contributed by atoms with van der Waals surface area (Å²) < 4.78 is 5.09. The standard InChI is InChI=1S/C14H18N4O/c1-11-16-14(17-19-11)13-3-2-9-18(13)10-6-12-4-7-15-8-5-12/h4-5,7-8,13H,2-3,6,9-10H2,1H3. The summed E-state index contributed by atoms with van der Waals surface area (Å²) in [6, 6.07) is 4.46. The first-order valence-corrected chi connectivity index (χ1v) is 6.76. The number of likely N-dealkylation sites (tertiary alicyclic amines) is 1. The average Bonchev–Trinajstić information content (AvgIpc) is 3.06. The lowest BCUT2D eigenvalue weighted by molar-refractivity contribution is 0.245. The molecule has 1 saturated heterocycles. The number of rotatable bonds is 4. The molecule has 0 amide bonds. The number of nitrogens with zero attached hydrogens (tertiary/aromatic N) is 4. The summed E-state index contributed by atoms with van der Waals surface area (Å²) in [5, 5.41) is 4.07. The zero-order valence-electron chi connectivity index (χ0n) is 11.1. The maximum absolute atomic E-state index is 5.09. The molecule has 2 aromatic heterocycles. The summed E-state index contributed by atoms with van der Waals surface area (Å²) >= 11 is 0. The first-order chi connectivity index (χ1) is 9.33. The van der Waals surface area contributed by atoms with Gasteiger partial charge in [-0.2, -0.15) is 4.98 Å². The van der Waals surface area contributed by atoms with Gasteiger partial charge in [0.2, 0.25) is 5.89 Å². The Hall–Kier alpha value is -1.75. The first-order valence-electron chi connectivity index (χ1n) is 6.76. The van der Waals surface area contributed by atoms with Crippen LogP contribution in [-0.4, -0.2) is 33.1 Å². The SMILES string of the molecule is Cc1nc(C2CCCN2CCc2ccncc2)no1. The molecule has 0 saturated carbocycles. The third-order valence-corrected chi connectivity index (χ3v) is 3.64. The number of pyridine rings is 1. The van der Waals surface area contributed by atoms with Crippen molar-refractivity contribution in [3.05, 3.63) is 41.8 Å². The van der Waals surface area contributed by atoms with E-state index >= 15 is 0 Å². The van der Waals surface area contributed by atoms with Crippen molar-refractivity contribution in [2.24, 2.45) is 0 Å². The molecule has 0 bridgehead atoms. The van der Waals surface area contributed by atoms with Crippen molar-refractivity contribution in [1.29, 1.82) is 0 Å². The van der Waals surface area contributed by atoms with Gasteiger partial charge in [0.15, 0.2) is 5.82 Å². The van der Waals surface area contributed by atoms with Crippen LogP contribution < -0.4 is 0 Å². The molecule has 0 aliphatic carbocycles. The monoisotopic (exact) mass is 258 g/mol. The molecule has 0 N–H and O–H groups in total. The van der Waals surface area contributed by atoms with E-state index < -0.39 is 0 Å². The van der Waals surface area contributed by atoms with Crippen LogP contribution in [0.3, 0.4) is 0 Å². The van der Waals surface area contributed by atoms with Crippen LogP contribution in [0.25, 0.3) is 0 Å². The van der Waals surface area contributed by atoms with E-state index in [1.807, 2.05) is 19.3 Å². The van der Waals surface area contributed by atoms with Gasteiger partial charge < -0.3 is 4.52 Å². The maximum Gasteiger partial charge on any atom is 0.223 e. The Balaban J connectivity index is 1.64. The lowest BCUT2D eigenvalue weighted by Crippen LogP contribution is -2.26. The minimum absolute atomic E-state index is 0.319. The van der Waals surface area contributed by atoms with Crippen LogP contribution in [0.2, 0.25) is 0 Å². The van der Waals surface area contributed by atoms with Crippen molar-refractivity contribution in [2.45, 2.75) is 32.2 Å². The number of aromatic nitrogens is 3. The molecule has 3 heterocycles. The quantitative estimate of drug-likeness (QED) is 0.841. The lowest BCUT2D eigenvalue weighted by atomic mass is 10.1. The number of hydrogen-bond acceptors (Lipinski definition) is 5. The highest BCUT2D eigenvalue weighted by Crippen LogP contribution is 2.29. The van der Waals surface area contributed by atoms with Gasteiger partial charge in [-0.15, -0.1) is 0 Å². The van der Waals surface area contributed by atoms with Crippen molar-refractivity contribution < 1.29 is 4.52 Å². The Morgan fingerprint density at radius 1 is 1.37 bits per heavy atom. The molecule has 3 rings (SSSR count). The molecule has 100 valence electrons. The molecule has 0 aromatic carbocycles. The Morgan fingerprint density at radius 3 is 2.95 bits per heavy atom. The highest BCUT2D eigenvalue weighted by Gasteiger charge is 2.29. The maximum atomic E-state index is 5.09. The fraction of sp³-hybridized carbons (Fsp3) is 0.500. The zero-order chi connectivity index (χ0) is 13.1. The predicted octanol–water partition coefficient (Wildman–Crippen LogP) is 2.15. The summed E-state index contributed by atoms with van der Waals surface area (Å²) in [5.74, 6) is 1.49. The third-order valence-electron chi connectivity index (χ3n) is 3.64. The van der Waals surface area contributed by atoms with Gasteiger partial charge in [-0.05, 0) is 43.5 Å². The summed E-state index contributed by atoms with van der Waals surface area (Å²) in [5.41, 5.74) is 1.32. The van der Waals surface area contributed by atoms with Gasteiger partial charge >= 0.3 is 0 Å². The second kappa shape index (κ2) is 5.48. The molecule has 1 aliphatic heterocycles. The van der Waals surface area contributed by atoms with E-state index in [1.165, 1.54) is 12.0 Å². The van der Waals surface area contributed by atoms with Crippen LogP contribution in [0.4, 0.5) is 0 Å². The number of hydrogen-bond donors (Lipinski definition) is 0. The molecule has 1 atom stereocenters. The molecular formula is C14H18N4O. The summed E-state index contributed by atoms with van der Waals surface area (Å²) in [6.45, 7) is 3.98. The highest BCUT2D eigenvalue weighted by atomic mass is 16.5. The van der Waals surface area contributed by atoms with E-state index in [-0.39, 0.29) is 0 Å². The van der Waals surface area contributed by atoms with E-state index in [0.29, 0.717) is 11.9 Å². The predicted molar refractivity (Wildman–Crippen MR) is 70.5 cm³/mol. The van der Waals surface area contributed by atoms with Crippen LogP contribution in [0.5, 0.6) is 0 Å². The molecule has 1 aliphatic rings. The van der Waals surface area contributed by atoms with Crippen molar-refractivity contribution in [3.63, 3.8) is 0 Å². The second-order valence-electron chi connectivity index (χ2n) is 4.97. The van der Waals surface area contributed by atoms with Crippen molar-refractivity contribution in [3.8, 4) is 0 Å². The van der Waals surface area contributed by atoms with Crippen LogP contribution in [0, 0.1) is 6.92 Å². The summed E-state index contributed by atoms with van der Waals surface area (Å²) in [7, 11) is 0. The molecule has 0 spiro atoms. The minimum atomic E-state index is 0.319.